The third kappa shape index (κ3) is 3.97. The lowest BCUT2D eigenvalue weighted by Gasteiger charge is -2.34. The van der Waals surface area contributed by atoms with Crippen LogP contribution in [-0.2, 0) is 15.1 Å². The van der Waals surface area contributed by atoms with Crippen molar-refractivity contribution in [2.45, 2.75) is 37.3 Å². The van der Waals surface area contributed by atoms with Gasteiger partial charge in [0.25, 0.3) is 5.91 Å². The molecule has 2 fully saturated rings. The first-order valence-electron chi connectivity index (χ1n) is 8.02. The third-order valence-electron chi connectivity index (χ3n) is 4.68. The van der Waals surface area contributed by atoms with Crippen molar-refractivity contribution in [1.29, 1.82) is 0 Å². The molecule has 23 heavy (non-hydrogen) atoms. The van der Waals surface area contributed by atoms with Crippen LogP contribution >= 0.6 is 12.4 Å². The predicted molar refractivity (Wildman–Crippen MR) is 91.1 cm³/mol. The Kier molecular flexibility index (Phi) is 6.27. The molecule has 3 rings (SSSR count). The van der Waals surface area contributed by atoms with Gasteiger partial charge in [-0.3, -0.25) is 4.79 Å². The minimum Gasteiger partial charge on any atom is -0.497 e. The Hall–Kier alpha value is -1.30. The topological polar surface area (TPSA) is 59.6 Å². The largest absolute Gasteiger partial charge is 0.497 e. The Morgan fingerprint density at radius 2 is 2.00 bits per heavy atom. The number of hydrogen-bond donors (Lipinski definition) is 2. The summed E-state index contributed by atoms with van der Waals surface area (Å²) in [5, 5.41) is 6.48. The van der Waals surface area contributed by atoms with Crippen molar-refractivity contribution in [1.82, 2.24) is 10.6 Å². The number of carbonyl (C=O) groups excluding carboxylic acids is 1. The molecule has 1 heterocycles. The Bertz CT molecular complexity index is 509. The zero-order valence-electron chi connectivity index (χ0n) is 13.5. The van der Waals surface area contributed by atoms with Crippen molar-refractivity contribution < 1.29 is 14.3 Å². The molecule has 1 aliphatic carbocycles. The quantitative estimate of drug-likeness (QED) is 0.880. The smallest absolute Gasteiger partial charge is 0.251 e. The number of methoxy groups -OCH3 is 1. The fourth-order valence-electron chi connectivity index (χ4n) is 3.42. The second kappa shape index (κ2) is 7.99. The number of morpholine rings is 1. The molecular weight excluding hydrogens is 316 g/mol. The number of nitrogens with one attached hydrogen (secondary N) is 2. The van der Waals surface area contributed by atoms with Gasteiger partial charge in [0.15, 0.2) is 0 Å². The maximum atomic E-state index is 12.6. The molecule has 0 spiro atoms. The summed E-state index contributed by atoms with van der Waals surface area (Å²) >= 11 is 0. The summed E-state index contributed by atoms with van der Waals surface area (Å²) in [6.45, 7) is 1.99. The van der Waals surface area contributed by atoms with Gasteiger partial charge in [0, 0.05) is 13.1 Å². The zero-order valence-corrected chi connectivity index (χ0v) is 14.3. The van der Waals surface area contributed by atoms with Crippen molar-refractivity contribution in [2.24, 2.45) is 0 Å². The first-order valence-corrected chi connectivity index (χ1v) is 8.02. The van der Waals surface area contributed by atoms with Crippen molar-refractivity contribution in [3.05, 3.63) is 29.8 Å². The standard InChI is InChI=1S/C17H24N2O3.ClH/c1-21-14-6-4-13(5-7-14)17(8-2-3-9-17)19-16(20)15-12-18-10-11-22-15;/h4-7,15,18H,2-3,8-12H2,1H3,(H,19,20);1H. The molecule has 1 aliphatic heterocycles. The molecule has 1 aromatic carbocycles. The predicted octanol–water partition coefficient (Wildman–Crippen LogP) is 1.99. The Labute approximate surface area is 143 Å². The van der Waals surface area contributed by atoms with Gasteiger partial charge in [-0.05, 0) is 30.5 Å². The maximum absolute atomic E-state index is 12.6. The average molecular weight is 341 g/mol. The Balaban J connectivity index is 0.00000192. The van der Waals surface area contributed by atoms with Gasteiger partial charge in [-0.25, -0.2) is 0 Å². The van der Waals surface area contributed by atoms with Gasteiger partial charge in [-0.15, -0.1) is 12.4 Å². The summed E-state index contributed by atoms with van der Waals surface area (Å²) in [5.41, 5.74) is 0.896. The van der Waals surface area contributed by atoms with Crippen LogP contribution in [-0.4, -0.2) is 38.8 Å². The highest BCUT2D eigenvalue weighted by atomic mass is 35.5. The van der Waals surface area contributed by atoms with E-state index in [2.05, 4.69) is 22.8 Å². The van der Waals surface area contributed by atoms with Gasteiger partial charge in [0.05, 0.1) is 19.3 Å². The highest BCUT2D eigenvalue weighted by Gasteiger charge is 2.38. The van der Waals surface area contributed by atoms with Crippen LogP contribution in [0.15, 0.2) is 24.3 Å². The van der Waals surface area contributed by atoms with Crippen LogP contribution in [0.5, 0.6) is 5.75 Å². The van der Waals surface area contributed by atoms with Crippen LogP contribution in [0.3, 0.4) is 0 Å². The van der Waals surface area contributed by atoms with Crippen LogP contribution in [0.1, 0.15) is 31.2 Å². The van der Waals surface area contributed by atoms with Gasteiger partial charge < -0.3 is 20.1 Å². The molecule has 2 aliphatic rings. The van der Waals surface area contributed by atoms with Gasteiger partial charge in [0.2, 0.25) is 0 Å². The second-order valence-electron chi connectivity index (χ2n) is 6.07. The molecule has 2 N–H and O–H groups in total. The van der Waals surface area contributed by atoms with E-state index in [0.29, 0.717) is 13.2 Å². The molecule has 1 unspecified atom stereocenters. The van der Waals surface area contributed by atoms with E-state index in [1.807, 2.05) is 12.1 Å². The van der Waals surface area contributed by atoms with Crippen LogP contribution in [0, 0.1) is 0 Å². The maximum Gasteiger partial charge on any atom is 0.251 e. The second-order valence-corrected chi connectivity index (χ2v) is 6.07. The van der Waals surface area contributed by atoms with Gasteiger partial charge in [-0.2, -0.15) is 0 Å². The van der Waals surface area contributed by atoms with E-state index in [4.69, 9.17) is 9.47 Å². The van der Waals surface area contributed by atoms with E-state index < -0.39 is 0 Å². The molecule has 0 aromatic heterocycles. The van der Waals surface area contributed by atoms with Crippen LogP contribution < -0.4 is 15.4 Å². The fraction of sp³-hybridized carbons (Fsp3) is 0.588. The summed E-state index contributed by atoms with van der Waals surface area (Å²) in [5.74, 6) is 0.827. The van der Waals surface area contributed by atoms with Gasteiger partial charge in [-0.1, -0.05) is 25.0 Å². The summed E-state index contributed by atoms with van der Waals surface area (Å²) in [6, 6.07) is 8.04. The highest BCUT2D eigenvalue weighted by Crippen LogP contribution is 2.39. The van der Waals surface area contributed by atoms with E-state index in [1.165, 1.54) is 0 Å². The van der Waals surface area contributed by atoms with E-state index in [-0.39, 0.29) is 30.0 Å². The number of rotatable bonds is 4. The summed E-state index contributed by atoms with van der Waals surface area (Å²) < 4.78 is 10.8. The molecule has 1 amide bonds. The molecule has 5 nitrogen and oxygen atoms in total. The Morgan fingerprint density at radius 1 is 1.30 bits per heavy atom. The van der Waals surface area contributed by atoms with Crippen LogP contribution in [0.2, 0.25) is 0 Å². The first kappa shape index (κ1) is 18.0. The number of benzene rings is 1. The van der Waals surface area contributed by atoms with Gasteiger partial charge >= 0.3 is 0 Å². The summed E-state index contributed by atoms with van der Waals surface area (Å²) in [6.07, 6.45) is 3.84. The molecule has 1 atom stereocenters. The zero-order chi connectivity index (χ0) is 15.4. The minimum absolute atomic E-state index is 0. The molecule has 0 radical (unpaired) electrons. The van der Waals surface area contributed by atoms with Crippen molar-refractivity contribution in [3.8, 4) is 5.75 Å². The lowest BCUT2D eigenvalue weighted by molar-refractivity contribution is -0.136. The average Bonchev–Trinajstić information content (AvgIpc) is 3.05. The minimum atomic E-state index is -0.385. The number of carbonyl (C=O) groups is 1. The van der Waals surface area contributed by atoms with Crippen molar-refractivity contribution >= 4 is 18.3 Å². The molecule has 128 valence electrons. The lowest BCUT2D eigenvalue weighted by Crippen LogP contribution is -2.53. The van der Waals surface area contributed by atoms with E-state index in [1.54, 1.807) is 7.11 Å². The van der Waals surface area contributed by atoms with E-state index >= 15 is 0 Å². The number of amides is 1. The van der Waals surface area contributed by atoms with Crippen LogP contribution in [0.25, 0.3) is 0 Å². The normalized spacial score (nSPS) is 22.9. The summed E-state index contributed by atoms with van der Waals surface area (Å²) in [4.78, 5) is 12.6. The SMILES string of the molecule is COc1ccc(C2(NC(=O)C3CNCCO3)CCCC2)cc1.Cl. The Morgan fingerprint density at radius 3 is 2.57 bits per heavy atom. The fourth-order valence-corrected chi connectivity index (χ4v) is 3.42. The van der Waals surface area contributed by atoms with Crippen molar-refractivity contribution in [2.75, 3.05) is 26.8 Å². The van der Waals surface area contributed by atoms with Crippen LogP contribution in [0.4, 0.5) is 0 Å². The summed E-state index contributed by atoms with van der Waals surface area (Å²) in [7, 11) is 1.66. The number of ether oxygens (including phenoxy) is 2. The monoisotopic (exact) mass is 340 g/mol. The number of hydrogen-bond acceptors (Lipinski definition) is 4. The molecule has 6 heteroatoms. The molecule has 0 bridgehead atoms. The molecule has 1 saturated carbocycles. The molecular formula is C17H25ClN2O3. The van der Waals surface area contributed by atoms with Crippen molar-refractivity contribution in [3.63, 3.8) is 0 Å². The first-order chi connectivity index (χ1) is 10.7. The third-order valence-corrected chi connectivity index (χ3v) is 4.68. The van der Waals surface area contributed by atoms with Gasteiger partial charge in [0.1, 0.15) is 11.9 Å². The number of halogens is 1. The lowest BCUT2D eigenvalue weighted by atomic mass is 9.87. The molecule has 1 aromatic rings. The molecule has 1 saturated heterocycles. The highest BCUT2D eigenvalue weighted by molar-refractivity contribution is 5.85. The van der Waals surface area contributed by atoms with E-state index in [0.717, 1.165) is 43.5 Å². The van der Waals surface area contributed by atoms with E-state index in [9.17, 15) is 4.79 Å².